The van der Waals surface area contributed by atoms with Crippen molar-refractivity contribution in [3.05, 3.63) is 35.9 Å². The predicted molar refractivity (Wildman–Crippen MR) is 107 cm³/mol. The molecule has 3 rings (SSSR count). The van der Waals surface area contributed by atoms with Crippen LogP contribution in [0.4, 0.5) is 0 Å². The Morgan fingerprint density at radius 3 is 2.61 bits per heavy atom. The third-order valence-electron chi connectivity index (χ3n) is 5.60. The summed E-state index contributed by atoms with van der Waals surface area (Å²) in [7, 11) is 1.50. The summed E-state index contributed by atoms with van der Waals surface area (Å²) < 4.78 is 5.01. The number of nitrogens with zero attached hydrogens (tertiary/aromatic N) is 2. The molecule has 1 aliphatic heterocycles. The first-order valence-electron chi connectivity index (χ1n) is 10.2. The number of likely N-dealkylation sites (tertiary alicyclic amines) is 1. The minimum atomic E-state index is -0.468. The van der Waals surface area contributed by atoms with E-state index in [0.29, 0.717) is 32.1 Å². The van der Waals surface area contributed by atoms with Gasteiger partial charge in [-0.2, -0.15) is 0 Å². The average Bonchev–Trinajstić information content (AvgIpc) is 3.56. The number of hydrogen-bond donors (Lipinski definition) is 2. The highest BCUT2D eigenvalue weighted by molar-refractivity contribution is 5.88. The van der Waals surface area contributed by atoms with E-state index in [9.17, 15) is 9.59 Å². The molecule has 3 N–H and O–H groups in total. The molecule has 1 saturated carbocycles. The van der Waals surface area contributed by atoms with Gasteiger partial charge in [-0.1, -0.05) is 30.3 Å². The SMILES string of the molecule is COCC(=O)N1CCC(N(Cc2ccccc2)C2CC2)C[C@@H]1C(=O)NCCN. The number of nitrogens with two attached hydrogens (primary N) is 1. The van der Waals surface area contributed by atoms with E-state index in [1.807, 2.05) is 6.07 Å². The first-order valence-corrected chi connectivity index (χ1v) is 10.2. The summed E-state index contributed by atoms with van der Waals surface area (Å²) in [5.74, 6) is -0.245. The maximum absolute atomic E-state index is 12.8. The minimum Gasteiger partial charge on any atom is -0.375 e. The minimum absolute atomic E-state index is 0.00168. The Morgan fingerprint density at radius 1 is 1.21 bits per heavy atom. The average molecular weight is 389 g/mol. The molecule has 2 aliphatic rings. The summed E-state index contributed by atoms with van der Waals surface area (Å²) in [5.41, 5.74) is 6.82. The summed E-state index contributed by atoms with van der Waals surface area (Å²) in [5, 5.41) is 2.87. The number of methoxy groups -OCH3 is 1. The number of nitrogens with one attached hydrogen (secondary N) is 1. The standard InChI is InChI=1S/C21H32N4O3/c1-28-15-20(26)24-12-9-18(13-19(24)21(27)23-11-10-22)25(17-7-8-17)14-16-5-3-2-4-6-16/h2-6,17-19H,7-15,22H2,1H3,(H,23,27)/t18?,19-/m1/s1. The topological polar surface area (TPSA) is 87.9 Å². The molecule has 0 spiro atoms. The van der Waals surface area contributed by atoms with Crippen molar-refractivity contribution in [1.29, 1.82) is 0 Å². The molecule has 0 bridgehead atoms. The highest BCUT2D eigenvalue weighted by Crippen LogP contribution is 2.34. The third kappa shape index (κ3) is 5.31. The van der Waals surface area contributed by atoms with Gasteiger partial charge in [-0.15, -0.1) is 0 Å². The van der Waals surface area contributed by atoms with Crippen LogP contribution in [0.1, 0.15) is 31.2 Å². The van der Waals surface area contributed by atoms with Crippen molar-refractivity contribution in [1.82, 2.24) is 15.1 Å². The van der Waals surface area contributed by atoms with Crippen molar-refractivity contribution >= 4 is 11.8 Å². The molecular formula is C21H32N4O3. The van der Waals surface area contributed by atoms with Gasteiger partial charge in [0.1, 0.15) is 12.6 Å². The molecule has 2 fully saturated rings. The maximum atomic E-state index is 12.8. The smallest absolute Gasteiger partial charge is 0.249 e. The van der Waals surface area contributed by atoms with E-state index in [0.717, 1.165) is 13.0 Å². The van der Waals surface area contributed by atoms with Crippen LogP contribution >= 0.6 is 0 Å². The molecule has 1 heterocycles. The summed E-state index contributed by atoms with van der Waals surface area (Å²) in [4.78, 5) is 29.5. The van der Waals surface area contributed by atoms with Gasteiger partial charge in [0.05, 0.1) is 0 Å². The Labute approximate surface area is 167 Å². The zero-order valence-corrected chi connectivity index (χ0v) is 16.7. The quantitative estimate of drug-likeness (QED) is 0.651. The number of carbonyl (C=O) groups is 2. The first kappa shape index (κ1) is 20.8. The van der Waals surface area contributed by atoms with E-state index in [1.54, 1.807) is 4.90 Å². The number of amides is 2. The highest BCUT2D eigenvalue weighted by Gasteiger charge is 2.41. The Balaban J connectivity index is 1.73. The van der Waals surface area contributed by atoms with Crippen LogP contribution in [0.15, 0.2) is 30.3 Å². The van der Waals surface area contributed by atoms with E-state index in [-0.39, 0.29) is 24.5 Å². The van der Waals surface area contributed by atoms with Crippen molar-refractivity contribution < 1.29 is 14.3 Å². The van der Waals surface area contributed by atoms with Gasteiger partial charge in [0.25, 0.3) is 0 Å². The van der Waals surface area contributed by atoms with Crippen LogP contribution in [0.2, 0.25) is 0 Å². The largest absolute Gasteiger partial charge is 0.375 e. The lowest BCUT2D eigenvalue weighted by atomic mass is 9.94. The summed E-state index contributed by atoms with van der Waals surface area (Å²) in [6, 6.07) is 10.9. The van der Waals surface area contributed by atoms with Gasteiger partial charge in [-0.3, -0.25) is 14.5 Å². The van der Waals surface area contributed by atoms with Gasteiger partial charge < -0.3 is 20.7 Å². The number of carbonyl (C=O) groups excluding carboxylic acids is 2. The van der Waals surface area contributed by atoms with Crippen molar-refractivity contribution in [2.45, 2.75) is 50.4 Å². The highest BCUT2D eigenvalue weighted by atomic mass is 16.5. The normalized spacial score (nSPS) is 22.3. The lowest BCUT2D eigenvalue weighted by Crippen LogP contribution is -2.58. The molecule has 1 aromatic carbocycles. The fourth-order valence-corrected chi connectivity index (χ4v) is 4.07. The number of rotatable bonds is 9. The molecule has 1 saturated heterocycles. The Hall–Kier alpha value is -1.96. The molecule has 0 radical (unpaired) electrons. The van der Waals surface area contributed by atoms with Gasteiger partial charge >= 0.3 is 0 Å². The fraction of sp³-hybridized carbons (Fsp3) is 0.619. The lowest BCUT2D eigenvalue weighted by Gasteiger charge is -2.43. The van der Waals surface area contributed by atoms with Crippen LogP contribution in [0.5, 0.6) is 0 Å². The molecule has 2 atom stereocenters. The number of hydrogen-bond acceptors (Lipinski definition) is 5. The molecule has 7 heteroatoms. The molecule has 1 unspecified atom stereocenters. The molecule has 154 valence electrons. The van der Waals surface area contributed by atoms with E-state index in [2.05, 4.69) is 34.5 Å². The molecule has 28 heavy (non-hydrogen) atoms. The van der Waals surface area contributed by atoms with Crippen molar-refractivity contribution in [2.24, 2.45) is 5.73 Å². The Kier molecular flexibility index (Phi) is 7.42. The second-order valence-electron chi connectivity index (χ2n) is 7.68. The number of piperidine rings is 1. The maximum Gasteiger partial charge on any atom is 0.249 e. The Bertz CT molecular complexity index is 650. The molecular weight excluding hydrogens is 356 g/mol. The van der Waals surface area contributed by atoms with Crippen molar-refractivity contribution in [3.8, 4) is 0 Å². The van der Waals surface area contributed by atoms with Crippen LogP contribution in [-0.2, 0) is 20.9 Å². The Morgan fingerprint density at radius 2 is 1.96 bits per heavy atom. The zero-order chi connectivity index (χ0) is 19.9. The van der Waals surface area contributed by atoms with E-state index < -0.39 is 6.04 Å². The molecule has 1 aliphatic carbocycles. The molecule has 7 nitrogen and oxygen atoms in total. The van der Waals surface area contributed by atoms with Gasteiger partial charge in [0.2, 0.25) is 11.8 Å². The van der Waals surface area contributed by atoms with Gasteiger partial charge in [-0.05, 0) is 31.2 Å². The van der Waals surface area contributed by atoms with Crippen LogP contribution in [-0.4, -0.2) is 73.1 Å². The fourth-order valence-electron chi connectivity index (χ4n) is 4.07. The second-order valence-corrected chi connectivity index (χ2v) is 7.68. The van der Waals surface area contributed by atoms with Gasteiger partial charge in [-0.25, -0.2) is 0 Å². The molecule has 1 aromatic rings. The number of benzene rings is 1. The van der Waals surface area contributed by atoms with Crippen LogP contribution in [0.25, 0.3) is 0 Å². The van der Waals surface area contributed by atoms with Gasteiger partial charge in [0, 0.05) is 45.4 Å². The monoisotopic (exact) mass is 388 g/mol. The van der Waals surface area contributed by atoms with E-state index >= 15 is 0 Å². The van der Waals surface area contributed by atoms with Crippen molar-refractivity contribution in [3.63, 3.8) is 0 Å². The summed E-state index contributed by atoms with van der Waals surface area (Å²) >= 11 is 0. The number of ether oxygens (including phenoxy) is 1. The molecule has 0 aromatic heterocycles. The first-order chi connectivity index (χ1) is 13.6. The van der Waals surface area contributed by atoms with Crippen LogP contribution in [0.3, 0.4) is 0 Å². The van der Waals surface area contributed by atoms with Gasteiger partial charge in [0.15, 0.2) is 0 Å². The second kappa shape index (κ2) is 10.0. The summed E-state index contributed by atoms with van der Waals surface area (Å²) in [6.45, 7) is 2.27. The van der Waals surface area contributed by atoms with E-state index in [1.165, 1.54) is 25.5 Å². The predicted octanol–water partition coefficient (Wildman–Crippen LogP) is 0.732. The van der Waals surface area contributed by atoms with Crippen LogP contribution in [0, 0.1) is 0 Å². The van der Waals surface area contributed by atoms with Crippen molar-refractivity contribution in [2.75, 3.05) is 33.4 Å². The van der Waals surface area contributed by atoms with Crippen LogP contribution < -0.4 is 11.1 Å². The summed E-state index contributed by atoms with van der Waals surface area (Å²) in [6.07, 6.45) is 3.94. The molecule has 2 amide bonds. The zero-order valence-electron chi connectivity index (χ0n) is 16.7. The third-order valence-corrected chi connectivity index (χ3v) is 5.60. The lowest BCUT2D eigenvalue weighted by molar-refractivity contribution is -0.146. The van der Waals surface area contributed by atoms with E-state index in [4.69, 9.17) is 10.5 Å².